The molecule has 4 nitrogen and oxygen atoms in total. The van der Waals surface area contributed by atoms with E-state index in [1.807, 2.05) is 30.5 Å². The molecule has 106 valence electrons. The van der Waals surface area contributed by atoms with E-state index >= 15 is 0 Å². The van der Waals surface area contributed by atoms with Crippen LogP contribution in [0.2, 0.25) is 0 Å². The van der Waals surface area contributed by atoms with Crippen molar-refractivity contribution in [1.29, 1.82) is 0 Å². The van der Waals surface area contributed by atoms with Crippen LogP contribution in [0, 0.1) is 0 Å². The molecule has 5 heteroatoms. The van der Waals surface area contributed by atoms with Gasteiger partial charge in [-0.1, -0.05) is 12.1 Å². The fraction of sp³-hybridized carbons (Fsp3) is 0.500. The average Bonchev–Trinajstić information content (AvgIpc) is 2.37. The molecule has 0 heterocycles. The Morgan fingerprint density at radius 2 is 2.26 bits per heavy atom. The van der Waals surface area contributed by atoms with E-state index in [-0.39, 0.29) is 18.9 Å². The predicted octanol–water partition coefficient (Wildman–Crippen LogP) is 1.47. The number of ether oxygens (including phenoxy) is 1. The Kier molecular flexibility index (Phi) is 6.18. The Bertz CT molecular complexity index is 421. The standard InChI is InChI=1S/C14H21NO3S/c1-14(17,10-19-3)9-15-13(16)8-11-5-4-6-12(7-11)18-2/h4-7,17H,8-10H2,1-3H3,(H,15,16). The number of carbonyl (C=O) groups excluding carboxylic acids is 1. The fourth-order valence-corrected chi connectivity index (χ4v) is 2.41. The van der Waals surface area contributed by atoms with Crippen molar-refractivity contribution in [3.63, 3.8) is 0 Å². The lowest BCUT2D eigenvalue weighted by Crippen LogP contribution is -2.42. The van der Waals surface area contributed by atoms with Gasteiger partial charge >= 0.3 is 0 Å². The van der Waals surface area contributed by atoms with Crippen LogP contribution in [0.25, 0.3) is 0 Å². The van der Waals surface area contributed by atoms with Crippen LogP contribution in [0.3, 0.4) is 0 Å². The summed E-state index contributed by atoms with van der Waals surface area (Å²) in [5, 5.41) is 12.7. The van der Waals surface area contributed by atoms with Gasteiger partial charge in [0.2, 0.25) is 5.91 Å². The first-order valence-electron chi connectivity index (χ1n) is 6.08. The Morgan fingerprint density at radius 1 is 1.53 bits per heavy atom. The van der Waals surface area contributed by atoms with Crippen molar-refractivity contribution < 1.29 is 14.6 Å². The van der Waals surface area contributed by atoms with Gasteiger partial charge in [0, 0.05) is 12.3 Å². The Labute approximate surface area is 118 Å². The molecule has 19 heavy (non-hydrogen) atoms. The maximum absolute atomic E-state index is 11.8. The Morgan fingerprint density at radius 3 is 2.89 bits per heavy atom. The highest BCUT2D eigenvalue weighted by molar-refractivity contribution is 7.98. The van der Waals surface area contributed by atoms with Gasteiger partial charge in [-0.15, -0.1) is 0 Å². The zero-order valence-corrected chi connectivity index (χ0v) is 12.4. The van der Waals surface area contributed by atoms with Gasteiger partial charge in [-0.25, -0.2) is 0 Å². The Hall–Kier alpha value is -1.20. The lowest BCUT2D eigenvalue weighted by molar-refractivity contribution is -0.121. The second-order valence-electron chi connectivity index (χ2n) is 4.73. The molecule has 2 N–H and O–H groups in total. The quantitative estimate of drug-likeness (QED) is 0.795. The number of aliphatic hydroxyl groups is 1. The van der Waals surface area contributed by atoms with Gasteiger partial charge < -0.3 is 15.2 Å². The third kappa shape index (κ3) is 5.98. The van der Waals surface area contributed by atoms with Crippen LogP contribution >= 0.6 is 11.8 Å². The monoisotopic (exact) mass is 283 g/mol. The summed E-state index contributed by atoms with van der Waals surface area (Å²) in [6.45, 7) is 1.98. The number of thioether (sulfide) groups is 1. The van der Waals surface area contributed by atoms with E-state index < -0.39 is 5.60 Å². The highest BCUT2D eigenvalue weighted by Crippen LogP contribution is 2.13. The lowest BCUT2D eigenvalue weighted by Gasteiger charge is -2.22. The van der Waals surface area contributed by atoms with Crippen molar-refractivity contribution in [2.24, 2.45) is 0 Å². The summed E-state index contributed by atoms with van der Waals surface area (Å²) in [6.07, 6.45) is 2.21. The molecule has 0 aromatic heterocycles. The summed E-state index contributed by atoms with van der Waals surface area (Å²) < 4.78 is 5.11. The number of rotatable bonds is 7. The maximum atomic E-state index is 11.8. The second-order valence-corrected chi connectivity index (χ2v) is 5.60. The molecule has 0 aliphatic carbocycles. The number of amides is 1. The fourth-order valence-electron chi connectivity index (χ4n) is 1.68. The van der Waals surface area contributed by atoms with Crippen LogP contribution in [0.4, 0.5) is 0 Å². The molecule has 1 amide bonds. The van der Waals surface area contributed by atoms with E-state index in [1.165, 1.54) is 0 Å². The van der Waals surface area contributed by atoms with Crippen molar-refractivity contribution in [1.82, 2.24) is 5.32 Å². The minimum absolute atomic E-state index is 0.102. The van der Waals surface area contributed by atoms with E-state index in [9.17, 15) is 9.90 Å². The van der Waals surface area contributed by atoms with Crippen LogP contribution in [0.1, 0.15) is 12.5 Å². The van der Waals surface area contributed by atoms with E-state index in [2.05, 4.69) is 5.32 Å². The lowest BCUT2D eigenvalue weighted by atomic mass is 10.1. The van der Waals surface area contributed by atoms with Crippen molar-refractivity contribution >= 4 is 17.7 Å². The van der Waals surface area contributed by atoms with Crippen LogP contribution < -0.4 is 10.1 Å². The summed E-state index contributed by atoms with van der Waals surface area (Å²) >= 11 is 1.55. The number of methoxy groups -OCH3 is 1. The van der Waals surface area contributed by atoms with Crippen molar-refractivity contribution in [3.8, 4) is 5.75 Å². The van der Waals surface area contributed by atoms with Crippen molar-refractivity contribution in [2.45, 2.75) is 18.9 Å². The molecule has 1 aromatic carbocycles. The number of hydrogen-bond donors (Lipinski definition) is 2. The third-order valence-electron chi connectivity index (χ3n) is 2.62. The van der Waals surface area contributed by atoms with Gasteiger partial charge in [0.05, 0.1) is 19.1 Å². The minimum atomic E-state index is -0.872. The molecular weight excluding hydrogens is 262 g/mol. The van der Waals surface area contributed by atoms with Gasteiger partial charge in [-0.3, -0.25) is 4.79 Å². The molecule has 0 aliphatic rings. The molecule has 0 spiro atoms. The first kappa shape index (κ1) is 15.9. The molecular formula is C14H21NO3S. The molecule has 0 aliphatic heterocycles. The summed E-state index contributed by atoms with van der Waals surface area (Å²) in [5.74, 6) is 1.22. The first-order chi connectivity index (χ1) is 8.96. The molecule has 0 radical (unpaired) electrons. The summed E-state index contributed by atoms with van der Waals surface area (Å²) in [4.78, 5) is 11.8. The molecule has 1 atom stereocenters. The van der Waals surface area contributed by atoms with Crippen molar-refractivity contribution in [3.05, 3.63) is 29.8 Å². The molecule has 0 saturated carbocycles. The molecule has 0 fully saturated rings. The number of benzene rings is 1. The van der Waals surface area contributed by atoms with E-state index in [0.717, 1.165) is 11.3 Å². The van der Waals surface area contributed by atoms with Gasteiger partial charge in [-0.2, -0.15) is 11.8 Å². The molecule has 0 saturated heterocycles. The summed E-state index contributed by atoms with van der Waals surface area (Å²) in [6, 6.07) is 7.40. The molecule has 1 rings (SSSR count). The third-order valence-corrected chi connectivity index (χ3v) is 3.53. The normalized spacial score (nSPS) is 13.7. The van der Waals surface area contributed by atoms with Gasteiger partial charge in [0.1, 0.15) is 5.75 Å². The molecule has 1 aromatic rings. The number of nitrogens with one attached hydrogen (secondary N) is 1. The molecule has 1 unspecified atom stereocenters. The van der Waals surface area contributed by atoms with E-state index in [1.54, 1.807) is 25.8 Å². The number of carbonyl (C=O) groups is 1. The van der Waals surface area contributed by atoms with Crippen LogP contribution in [-0.2, 0) is 11.2 Å². The summed E-state index contributed by atoms with van der Waals surface area (Å²) in [7, 11) is 1.60. The smallest absolute Gasteiger partial charge is 0.224 e. The minimum Gasteiger partial charge on any atom is -0.497 e. The topological polar surface area (TPSA) is 58.6 Å². The number of hydrogen-bond acceptors (Lipinski definition) is 4. The van der Waals surface area contributed by atoms with Gasteiger partial charge in [0.15, 0.2) is 0 Å². The van der Waals surface area contributed by atoms with Crippen LogP contribution in [0.15, 0.2) is 24.3 Å². The van der Waals surface area contributed by atoms with E-state index in [0.29, 0.717) is 5.75 Å². The predicted molar refractivity (Wildman–Crippen MR) is 78.7 cm³/mol. The average molecular weight is 283 g/mol. The largest absolute Gasteiger partial charge is 0.497 e. The summed E-state index contributed by atoms with van der Waals surface area (Å²) in [5.41, 5.74) is 0.0186. The van der Waals surface area contributed by atoms with Crippen LogP contribution in [0.5, 0.6) is 5.75 Å². The highest BCUT2D eigenvalue weighted by Gasteiger charge is 2.20. The van der Waals surface area contributed by atoms with Gasteiger partial charge in [-0.05, 0) is 30.9 Å². The zero-order valence-electron chi connectivity index (χ0n) is 11.6. The first-order valence-corrected chi connectivity index (χ1v) is 7.47. The highest BCUT2D eigenvalue weighted by atomic mass is 32.2. The van der Waals surface area contributed by atoms with Crippen molar-refractivity contribution in [2.75, 3.05) is 25.7 Å². The molecule has 0 bridgehead atoms. The van der Waals surface area contributed by atoms with Gasteiger partial charge in [0.25, 0.3) is 0 Å². The van der Waals surface area contributed by atoms with Crippen LogP contribution in [-0.4, -0.2) is 42.3 Å². The Balaban J connectivity index is 2.46. The zero-order chi connectivity index (χ0) is 14.3. The SMILES string of the molecule is COc1cccc(CC(=O)NCC(C)(O)CSC)c1. The van der Waals surface area contributed by atoms with E-state index in [4.69, 9.17) is 4.74 Å². The maximum Gasteiger partial charge on any atom is 0.224 e. The second kappa shape index (κ2) is 7.40.